The Bertz CT molecular complexity index is 835. The average molecular weight is 353 g/mol. The number of anilines is 2. The van der Waals surface area contributed by atoms with Gasteiger partial charge in [-0.25, -0.2) is 14.6 Å². The smallest absolute Gasteiger partial charge is 0.245 e. The standard InChI is InChI=1S/C14H14Cl2N6O/c1-22(2)6-5-11-12(19-14-13(18-11)20-23-21-14)17-8-3-4-9(15)10(16)7-8/h3-4,7H,5-6H2,1-2H3,(H,17,19,21). The highest BCUT2D eigenvalue weighted by Gasteiger charge is 2.13. The molecule has 2 aromatic heterocycles. The molecule has 1 aromatic carbocycles. The van der Waals surface area contributed by atoms with Gasteiger partial charge in [0.2, 0.25) is 11.3 Å². The highest BCUT2D eigenvalue weighted by Crippen LogP contribution is 2.27. The molecule has 0 atom stereocenters. The van der Waals surface area contributed by atoms with Crippen molar-refractivity contribution in [1.82, 2.24) is 25.2 Å². The van der Waals surface area contributed by atoms with Crippen LogP contribution in [0.2, 0.25) is 10.0 Å². The fraction of sp³-hybridized carbons (Fsp3) is 0.286. The molecule has 3 aromatic rings. The maximum atomic E-state index is 6.05. The molecule has 0 bridgehead atoms. The zero-order valence-electron chi connectivity index (χ0n) is 12.5. The fourth-order valence-electron chi connectivity index (χ4n) is 1.99. The van der Waals surface area contributed by atoms with E-state index >= 15 is 0 Å². The second-order valence-corrected chi connectivity index (χ2v) is 6.05. The van der Waals surface area contributed by atoms with Crippen molar-refractivity contribution >= 4 is 46.0 Å². The van der Waals surface area contributed by atoms with Crippen LogP contribution in [0.15, 0.2) is 22.8 Å². The minimum atomic E-state index is 0.348. The first-order valence-electron chi connectivity index (χ1n) is 6.89. The first-order chi connectivity index (χ1) is 11.0. The normalized spacial score (nSPS) is 11.3. The summed E-state index contributed by atoms with van der Waals surface area (Å²) in [6, 6.07) is 5.26. The summed E-state index contributed by atoms with van der Waals surface area (Å²) in [6.07, 6.45) is 0.701. The molecule has 0 aliphatic heterocycles. The lowest BCUT2D eigenvalue weighted by Crippen LogP contribution is -2.17. The summed E-state index contributed by atoms with van der Waals surface area (Å²) in [5, 5.41) is 11.6. The Morgan fingerprint density at radius 3 is 2.52 bits per heavy atom. The molecule has 120 valence electrons. The molecule has 7 nitrogen and oxygen atoms in total. The van der Waals surface area contributed by atoms with E-state index in [1.165, 1.54) is 0 Å². The van der Waals surface area contributed by atoms with Gasteiger partial charge in [-0.15, -0.1) is 0 Å². The van der Waals surface area contributed by atoms with Gasteiger partial charge in [0, 0.05) is 18.7 Å². The number of hydrogen-bond donors (Lipinski definition) is 1. The third-order valence-electron chi connectivity index (χ3n) is 3.16. The van der Waals surface area contributed by atoms with Crippen molar-refractivity contribution in [3.05, 3.63) is 33.9 Å². The molecule has 3 rings (SSSR count). The molecule has 0 amide bonds. The lowest BCUT2D eigenvalue weighted by Gasteiger charge is -2.13. The van der Waals surface area contributed by atoms with E-state index in [0.29, 0.717) is 33.6 Å². The summed E-state index contributed by atoms with van der Waals surface area (Å²) in [5.74, 6) is 0.591. The lowest BCUT2D eigenvalue weighted by atomic mass is 10.2. The van der Waals surface area contributed by atoms with Gasteiger partial charge in [-0.05, 0) is 42.6 Å². The minimum absolute atomic E-state index is 0.348. The van der Waals surface area contributed by atoms with E-state index in [0.717, 1.165) is 17.9 Å². The second kappa shape index (κ2) is 6.66. The third kappa shape index (κ3) is 3.69. The summed E-state index contributed by atoms with van der Waals surface area (Å²) in [5.41, 5.74) is 2.27. The van der Waals surface area contributed by atoms with Gasteiger partial charge in [0.1, 0.15) is 0 Å². The average Bonchev–Trinajstić information content (AvgIpc) is 2.95. The first-order valence-corrected chi connectivity index (χ1v) is 7.64. The molecule has 0 radical (unpaired) electrons. The molecule has 0 spiro atoms. The summed E-state index contributed by atoms with van der Waals surface area (Å²) < 4.78 is 4.68. The van der Waals surface area contributed by atoms with E-state index in [4.69, 9.17) is 23.2 Å². The van der Waals surface area contributed by atoms with Crippen LogP contribution in [0.1, 0.15) is 5.69 Å². The van der Waals surface area contributed by atoms with Crippen molar-refractivity contribution in [2.45, 2.75) is 6.42 Å². The van der Waals surface area contributed by atoms with Crippen molar-refractivity contribution in [1.29, 1.82) is 0 Å². The SMILES string of the molecule is CN(C)CCc1nc2nonc2nc1Nc1ccc(Cl)c(Cl)c1. The van der Waals surface area contributed by atoms with Gasteiger partial charge in [0.25, 0.3) is 0 Å². The van der Waals surface area contributed by atoms with Gasteiger partial charge in [-0.2, -0.15) is 0 Å². The van der Waals surface area contributed by atoms with Gasteiger partial charge in [0.15, 0.2) is 5.82 Å². The van der Waals surface area contributed by atoms with Gasteiger partial charge < -0.3 is 10.2 Å². The molecule has 9 heteroatoms. The Labute approximate surface area is 142 Å². The number of halogens is 2. The van der Waals surface area contributed by atoms with Crippen molar-refractivity contribution in [2.75, 3.05) is 26.0 Å². The first kappa shape index (κ1) is 15.9. The highest BCUT2D eigenvalue weighted by molar-refractivity contribution is 6.42. The van der Waals surface area contributed by atoms with Crippen LogP contribution in [0, 0.1) is 0 Å². The number of aromatic nitrogens is 4. The number of hydrogen-bond acceptors (Lipinski definition) is 7. The van der Waals surface area contributed by atoms with Crippen LogP contribution in [0.25, 0.3) is 11.3 Å². The van der Waals surface area contributed by atoms with E-state index in [-0.39, 0.29) is 0 Å². The molecule has 2 heterocycles. The Balaban J connectivity index is 1.95. The number of rotatable bonds is 5. The minimum Gasteiger partial charge on any atom is -0.339 e. The quantitative estimate of drug-likeness (QED) is 0.755. The van der Waals surface area contributed by atoms with Crippen LogP contribution in [-0.2, 0) is 6.42 Å². The Hall–Kier alpha value is -1.96. The molecular weight excluding hydrogens is 339 g/mol. The molecule has 0 aliphatic rings. The topological polar surface area (TPSA) is 80.0 Å². The predicted molar refractivity (Wildman–Crippen MR) is 89.4 cm³/mol. The molecule has 0 unspecified atom stereocenters. The monoisotopic (exact) mass is 352 g/mol. The summed E-state index contributed by atoms with van der Waals surface area (Å²) in [6.45, 7) is 0.821. The number of benzene rings is 1. The lowest BCUT2D eigenvalue weighted by molar-refractivity contribution is 0.314. The molecule has 0 fully saturated rings. The maximum Gasteiger partial charge on any atom is 0.245 e. The zero-order valence-corrected chi connectivity index (χ0v) is 14.1. The Kier molecular flexibility index (Phi) is 4.61. The van der Waals surface area contributed by atoms with Crippen molar-refractivity contribution in [3.8, 4) is 0 Å². The van der Waals surface area contributed by atoms with Gasteiger partial charge in [0.05, 0.1) is 15.7 Å². The zero-order chi connectivity index (χ0) is 16.4. The fourth-order valence-corrected chi connectivity index (χ4v) is 2.28. The molecular formula is C14H14Cl2N6O. The summed E-state index contributed by atoms with van der Waals surface area (Å²) in [4.78, 5) is 11.0. The molecule has 23 heavy (non-hydrogen) atoms. The summed E-state index contributed by atoms with van der Waals surface area (Å²) in [7, 11) is 3.99. The van der Waals surface area contributed by atoms with E-state index in [1.54, 1.807) is 12.1 Å². The number of fused-ring (bicyclic) bond motifs is 1. The molecule has 0 saturated heterocycles. The Morgan fingerprint density at radius 2 is 1.83 bits per heavy atom. The van der Waals surface area contributed by atoms with E-state index < -0.39 is 0 Å². The molecule has 0 aliphatic carbocycles. The van der Waals surface area contributed by atoms with Crippen molar-refractivity contribution in [2.24, 2.45) is 0 Å². The molecule has 1 N–H and O–H groups in total. The number of nitrogens with one attached hydrogen (secondary N) is 1. The van der Waals surface area contributed by atoms with Crippen LogP contribution in [0.4, 0.5) is 11.5 Å². The van der Waals surface area contributed by atoms with Crippen molar-refractivity contribution in [3.63, 3.8) is 0 Å². The van der Waals surface area contributed by atoms with Crippen LogP contribution < -0.4 is 5.32 Å². The maximum absolute atomic E-state index is 6.05. The van der Waals surface area contributed by atoms with Crippen LogP contribution in [0.3, 0.4) is 0 Å². The van der Waals surface area contributed by atoms with Gasteiger partial charge >= 0.3 is 0 Å². The third-order valence-corrected chi connectivity index (χ3v) is 3.90. The summed E-state index contributed by atoms with van der Waals surface area (Å²) >= 11 is 12.0. The van der Waals surface area contributed by atoms with E-state index in [9.17, 15) is 0 Å². The van der Waals surface area contributed by atoms with Crippen molar-refractivity contribution < 1.29 is 4.63 Å². The van der Waals surface area contributed by atoms with Crippen LogP contribution in [0.5, 0.6) is 0 Å². The van der Waals surface area contributed by atoms with Gasteiger partial charge in [-0.1, -0.05) is 23.2 Å². The van der Waals surface area contributed by atoms with E-state index in [1.807, 2.05) is 20.2 Å². The molecule has 0 saturated carbocycles. The van der Waals surface area contributed by atoms with Crippen LogP contribution >= 0.6 is 23.2 Å². The van der Waals surface area contributed by atoms with E-state index in [2.05, 4.69) is 35.1 Å². The number of nitrogens with zero attached hydrogens (tertiary/aromatic N) is 5. The largest absolute Gasteiger partial charge is 0.339 e. The van der Waals surface area contributed by atoms with Crippen LogP contribution in [-0.4, -0.2) is 45.8 Å². The van der Waals surface area contributed by atoms with Gasteiger partial charge in [-0.3, -0.25) is 0 Å². The predicted octanol–water partition coefficient (Wildman–Crippen LogP) is 3.17. The Morgan fingerprint density at radius 1 is 1.09 bits per heavy atom. The second-order valence-electron chi connectivity index (χ2n) is 5.24. The number of likely N-dealkylation sites (N-methyl/N-ethyl adjacent to an activating group) is 1. The highest BCUT2D eigenvalue weighted by atomic mass is 35.5.